The Morgan fingerprint density at radius 3 is 2.39 bits per heavy atom. The van der Waals surface area contributed by atoms with Crippen molar-refractivity contribution in [2.45, 2.75) is 26.8 Å². The lowest BCUT2D eigenvalue weighted by molar-refractivity contribution is 0.574. The average molecular weight is 263 g/mol. The average Bonchev–Trinajstić information content (AvgIpc) is 2.69. The van der Waals surface area contributed by atoms with Gasteiger partial charge in [-0.1, -0.05) is 6.07 Å². The summed E-state index contributed by atoms with van der Waals surface area (Å²) >= 11 is 1.67. The molecule has 0 saturated carbocycles. The molecule has 1 nitrogen and oxygen atoms in total. The summed E-state index contributed by atoms with van der Waals surface area (Å²) < 4.78 is 14.2. The summed E-state index contributed by atoms with van der Waals surface area (Å²) in [7, 11) is 1.88. The Hall–Kier alpha value is -1.19. The molecule has 2 rings (SSSR count). The van der Waals surface area contributed by atoms with Crippen LogP contribution in [0.4, 0.5) is 4.39 Å². The zero-order chi connectivity index (χ0) is 13.3. The van der Waals surface area contributed by atoms with E-state index in [1.54, 1.807) is 17.4 Å². The molecule has 0 amide bonds. The minimum absolute atomic E-state index is 0.0643. The second-order valence-electron chi connectivity index (χ2n) is 4.67. The van der Waals surface area contributed by atoms with Crippen LogP contribution in [0.3, 0.4) is 0 Å². The molecular formula is C15H18FNS. The second kappa shape index (κ2) is 5.21. The number of thiophene rings is 1. The molecule has 0 bridgehead atoms. The van der Waals surface area contributed by atoms with Gasteiger partial charge in [0, 0.05) is 10.4 Å². The van der Waals surface area contributed by atoms with E-state index in [0.29, 0.717) is 0 Å². The summed E-state index contributed by atoms with van der Waals surface area (Å²) in [5, 5.41) is 5.29. The van der Waals surface area contributed by atoms with Gasteiger partial charge in [-0.2, -0.15) is 0 Å². The molecule has 1 unspecified atom stereocenters. The zero-order valence-electron chi connectivity index (χ0n) is 11.2. The Morgan fingerprint density at radius 1 is 1.17 bits per heavy atom. The van der Waals surface area contributed by atoms with Crippen LogP contribution in [0.5, 0.6) is 0 Å². The predicted molar refractivity (Wildman–Crippen MR) is 75.8 cm³/mol. The highest BCUT2D eigenvalue weighted by Crippen LogP contribution is 2.32. The maximum absolute atomic E-state index is 14.2. The van der Waals surface area contributed by atoms with E-state index in [-0.39, 0.29) is 11.9 Å². The normalized spacial score (nSPS) is 12.7. The molecule has 1 heterocycles. The lowest BCUT2D eigenvalue weighted by Crippen LogP contribution is -2.20. The van der Waals surface area contributed by atoms with Gasteiger partial charge in [-0.15, -0.1) is 11.3 Å². The molecule has 0 spiro atoms. The van der Waals surface area contributed by atoms with Crippen molar-refractivity contribution < 1.29 is 4.39 Å². The second-order valence-corrected chi connectivity index (χ2v) is 5.61. The Bertz CT molecular complexity index is 536. The molecule has 0 fully saturated rings. The first-order valence-corrected chi connectivity index (χ1v) is 6.90. The third-order valence-electron chi connectivity index (χ3n) is 3.22. The smallest absolute Gasteiger partial charge is 0.128 e. The van der Waals surface area contributed by atoms with E-state index in [1.807, 2.05) is 27.0 Å². The van der Waals surface area contributed by atoms with Gasteiger partial charge in [0.05, 0.1) is 6.04 Å². The Morgan fingerprint density at radius 2 is 1.89 bits per heavy atom. The van der Waals surface area contributed by atoms with Crippen molar-refractivity contribution >= 4 is 11.3 Å². The van der Waals surface area contributed by atoms with Crippen molar-refractivity contribution in [1.29, 1.82) is 0 Å². The van der Waals surface area contributed by atoms with Gasteiger partial charge in [-0.3, -0.25) is 0 Å². The summed E-state index contributed by atoms with van der Waals surface area (Å²) in [6, 6.07) is 5.65. The van der Waals surface area contributed by atoms with E-state index in [2.05, 4.69) is 23.7 Å². The fourth-order valence-electron chi connectivity index (χ4n) is 2.38. The van der Waals surface area contributed by atoms with Crippen molar-refractivity contribution in [2.75, 3.05) is 7.05 Å². The van der Waals surface area contributed by atoms with Crippen LogP contribution in [0.1, 0.15) is 33.2 Å². The molecule has 0 saturated heterocycles. The van der Waals surface area contributed by atoms with Gasteiger partial charge in [0.15, 0.2) is 0 Å². The molecule has 18 heavy (non-hydrogen) atoms. The van der Waals surface area contributed by atoms with E-state index in [1.165, 1.54) is 10.4 Å². The van der Waals surface area contributed by atoms with Crippen molar-refractivity contribution in [1.82, 2.24) is 5.32 Å². The monoisotopic (exact) mass is 263 g/mol. The summed E-state index contributed by atoms with van der Waals surface area (Å²) in [4.78, 5) is 1.18. The third-order valence-corrected chi connectivity index (χ3v) is 4.31. The van der Waals surface area contributed by atoms with Crippen LogP contribution in [0, 0.1) is 26.6 Å². The van der Waals surface area contributed by atoms with E-state index in [0.717, 1.165) is 16.7 Å². The van der Waals surface area contributed by atoms with Crippen molar-refractivity contribution in [3.05, 3.63) is 56.5 Å². The predicted octanol–water partition coefficient (Wildman–Crippen LogP) is 4.12. The SMILES string of the molecule is CNC(c1sccc1C)c1c(C)cc(C)cc1F. The third kappa shape index (κ3) is 2.33. The quantitative estimate of drug-likeness (QED) is 0.878. The number of hydrogen-bond acceptors (Lipinski definition) is 2. The minimum atomic E-state index is -0.125. The molecular weight excluding hydrogens is 245 g/mol. The summed E-state index contributed by atoms with van der Waals surface area (Å²) in [5.74, 6) is -0.125. The molecule has 96 valence electrons. The molecule has 0 aliphatic heterocycles. The van der Waals surface area contributed by atoms with Gasteiger partial charge in [-0.05, 0) is 62.0 Å². The molecule has 1 aromatic carbocycles. The lowest BCUT2D eigenvalue weighted by Gasteiger charge is -2.20. The minimum Gasteiger partial charge on any atom is -0.309 e. The first-order chi connectivity index (χ1) is 8.54. The molecule has 0 aliphatic carbocycles. The molecule has 1 N–H and O–H groups in total. The van der Waals surface area contributed by atoms with Crippen LogP contribution in [-0.2, 0) is 0 Å². The summed E-state index contributed by atoms with van der Waals surface area (Å²) in [6.07, 6.45) is 0. The van der Waals surface area contributed by atoms with Gasteiger partial charge < -0.3 is 5.32 Å². The standard InChI is InChI=1S/C15H18FNS/c1-9-7-11(3)13(12(16)8-9)14(17-4)15-10(2)5-6-18-15/h5-8,14,17H,1-4H3. The van der Waals surface area contributed by atoms with Crippen LogP contribution in [0.2, 0.25) is 0 Å². The molecule has 0 radical (unpaired) electrons. The van der Waals surface area contributed by atoms with Crippen molar-refractivity contribution in [2.24, 2.45) is 0 Å². The highest BCUT2D eigenvalue weighted by atomic mass is 32.1. The van der Waals surface area contributed by atoms with Crippen molar-refractivity contribution in [3.8, 4) is 0 Å². The van der Waals surface area contributed by atoms with E-state index in [9.17, 15) is 4.39 Å². The van der Waals surface area contributed by atoms with E-state index < -0.39 is 0 Å². The Labute approximate surface area is 112 Å². The Balaban J connectivity index is 2.56. The Kier molecular flexibility index (Phi) is 3.83. The van der Waals surface area contributed by atoms with Crippen LogP contribution in [0.15, 0.2) is 23.6 Å². The highest BCUT2D eigenvalue weighted by molar-refractivity contribution is 7.10. The number of aryl methyl sites for hydroxylation is 3. The van der Waals surface area contributed by atoms with Crippen molar-refractivity contribution in [3.63, 3.8) is 0 Å². The summed E-state index contributed by atoms with van der Waals surface area (Å²) in [6.45, 7) is 5.96. The number of nitrogens with one attached hydrogen (secondary N) is 1. The maximum atomic E-state index is 14.2. The van der Waals surface area contributed by atoms with Crippen LogP contribution in [-0.4, -0.2) is 7.05 Å². The van der Waals surface area contributed by atoms with Gasteiger partial charge in [0.25, 0.3) is 0 Å². The molecule has 1 aromatic heterocycles. The molecule has 3 heteroatoms. The van der Waals surface area contributed by atoms with E-state index >= 15 is 0 Å². The van der Waals surface area contributed by atoms with Crippen LogP contribution >= 0.6 is 11.3 Å². The van der Waals surface area contributed by atoms with Gasteiger partial charge in [-0.25, -0.2) is 4.39 Å². The zero-order valence-corrected chi connectivity index (χ0v) is 12.0. The molecule has 0 aliphatic rings. The fraction of sp³-hybridized carbons (Fsp3) is 0.333. The molecule has 1 atom stereocenters. The van der Waals surface area contributed by atoms with Crippen LogP contribution in [0.25, 0.3) is 0 Å². The van der Waals surface area contributed by atoms with E-state index in [4.69, 9.17) is 0 Å². The number of benzene rings is 1. The highest BCUT2D eigenvalue weighted by Gasteiger charge is 2.21. The van der Waals surface area contributed by atoms with Gasteiger partial charge >= 0.3 is 0 Å². The number of hydrogen-bond donors (Lipinski definition) is 1. The number of rotatable bonds is 3. The maximum Gasteiger partial charge on any atom is 0.128 e. The first-order valence-electron chi connectivity index (χ1n) is 6.02. The van der Waals surface area contributed by atoms with Gasteiger partial charge in [0.1, 0.15) is 5.82 Å². The lowest BCUT2D eigenvalue weighted by atomic mass is 9.96. The molecule has 2 aromatic rings. The van der Waals surface area contributed by atoms with Crippen LogP contribution < -0.4 is 5.32 Å². The fourth-order valence-corrected chi connectivity index (χ4v) is 3.42. The largest absolute Gasteiger partial charge is 0.309 e. The summed E-state index contributed by atoms with van der Waals surface area (Å²) in [5.41, 5.74) is 3.93. The topological polar surface area (TPSA) is 12.0 Å². The first kappa shape index (κ1) is 13.2. The van der Waals surface area contributed by atoms with Gasteiger partial charge in [0.2, 0.25) is 0 Å². The number of halogens is 1.